The van der Waals surface area contributed by atoms with Crippen LogP contribution in [0.5, 0.6) is 0 Å². The first-order chi connectivity index (χ1) is 8.43. The predicted molar refractivity (Wildman–Crippen MR) is 78.5 cm³/mol. The van der Waals surface area contributed by atoms with E-state index in [0.717, 1.165) is 12.8 Å². The lowest BCUT2D eigenvalue weighted by Gasteiger charge is -2.31. The summed E-state index contributed by atoms with van der Waals surface area (Å²) < 4.78 is 0. The lowest BCUT2D eigenvalue weighted by molar-refractivity contribution is -0.138. The molecule has 2 rings (SSSR count). The van der Waals surface area contributed by atoms with Gasteiger partial charge in [-0.2, -0.15) is 0 Å². The molecule has 0 radical (unpaired) electrons. The van der Waals surface area contributed by atoms with Crippen molar-refractivity contribution in [2.24, 2.45) is 11.1 Å². The van der Waals surface area contributed by atoms with Gasteiger partial charge in [-0.15, -0.1) is 11.3 Å². The summed E-state index contributed by atoms with van der Waals surface area (Å²) in [7, 11) is 0. The molecule has 1 aliphatic rings. The summed E-state index contributed by atoms with van der Waals surface area (Å²) in [6.45, 7) is 4.29. The number of rotatable bonds is 5. The molecule has 0 aliphatic heterocycles. The summed E-state index contributed by atoms with van der Waals surface area (Å²) in [5.74, 6) is 0.0471. The lowest BCUT2D eigenvalue weighted by atomic mass is 9.91. The highest BCUT2D eigenvalue weighted by Crippen LogP contribution is 2.33. The largest absolute Gasteiger partial charge is 0.392 e. The molecule has 1 amide bonds. The Morgan fingerprint density at radius 3 is 2.72 bits per heavy atom. The van der Waals surface area contributed by atoms with Gasteiger partial charge in [-0.1, -0.05) is 18.3 Å². The molecule has 0 saturated heterocycles. The van der Waals surface area contributed by atoms with Gasteiger partial charge in [0.15, 0.2) is 0 Å². The average molecular weight is 282 g/mol. The van der Waals surface area contributed by atoms with Gasteiger partial charge in [0.05, 0.1) is 16.9 Å². The van der Waals surface area contributed by atoms with Crippen molar-refractivity contribution in [3.05, 3.63) is 22.4 Å². The van der Waals surface area contributed by atoms with Crippen LogP contribution in [-0.4, -0.2) is 21.8 Å². The Labute approximate surface area is 117 Å². The fourth-order valence-corrected chi connectivity index (χ4v) is 2.58. The van der Waals surface area contributed by atoms with Crippen molar-refractivity contribution in [3.63, 3.8) is 0 Å². The van der Waals surface area contributed by atoms with Crippen molar-refractivity contribution in [2.45, 2.75) is 39.3 Å². The Hall–Kier alpha value is -0.940. The Morgan fingerprint density at radius 1 is 1.61 bits per heavy atom. The highest BCUT2D eigenvalue weighted by Gasteiger charge is 2.41. The number of hydrogen-bond acceptors (Lipinski definition) is 3. The van der Waals surface area contributed by atoms with Crippen LogP contribution in [-0.2, 0) is 11.3 Å². The number of nitrogens with two attached hydrogens (primary N) is 1. The molecule has 1 aromatic heterocycles. The maximum absolute atomic E-state index is 12.6. The predicted octanol–water partition coefficient (Wildman–Crippen LogP) is 2.55. The zero-order valence-electron chi connectivity index (χ0n) is 10.7. The van der Waals surface area contributed by atoms with E-state index in [9.17, 15) is 4.79 Å². The molecule has 0 unspecified atom stereocenters. The normalized spacial score (nSPS) is 15.4. The Bertz CT molecular complexity index is 450. The molecule has 1 fully saturated rings. The number of nitrogens with zero attached hydrogens (tertiary/aromatic N) is 1. The van der Waals surface area contributed by atoms with Crippen molar-refractivity contribution in [1.29, 1.82) is 0 Å². The van der Waals surface area contributed by atoms with Crippen LogP contribution in [0.3, 0.4) is 0 Å². The molecular formula is C13H18N2OS2. The van der Waals surface area contributed by atoms with E-state index in [1.54, 1.807) is 11.3 Å². The van der Waals surface area contributed by atoms with Gasteiger partial charge < -0.3 is 10.6 Å². The van der Waals surface area contributed by atoms with Gasteiger partial charge in [-0.05, 0) is 38.1 Å². The molecule has 98 valence electrons. The lowest BCUT2D eigenvalue weighted by Crippen LogP contribution is -2.47. The quantitative estimate of drug-likeness (QED) is 0.844. The minimum Gasteiger partial charge on any atom is -0.392 e. The zero-order valence-corrected chi connectivity index (χ0v) is 12.3. The number of carbonyl (C=O) groups excluding carboxylic acids is 1. The van der Waals surface area contributed by atoms with Crippen LogP contribution in [0.2, 0.25) is 0 Å². The summed E-state index contributed by atoms with van der Waals surface area (Å²) in [5, 5.41) is 2.03. The Kier molecular flexibility index (Phi) is 3.73. The Balaban J connectivity index is 2.15. The van der Waals surface area contributed by atoms with Crippen LogP contribution in [0.1, 0.15) is 31.6 Å². The van der Waals surface area contributed by atoms with Crippen molar-refractivity contribution < 1.29 is 4.79 Å². The van der Waals surface area contributed by atoms with E-state index in [4.69, 9.17) is 18.0 Å². The summed E-state index contributed by atoms with van der Waals surface area (Å²) in [5.41, 5.74) is 4.93. The van der Waals surface area contributed by atoms with Crippen LogP contribution < -0.4 is 5.73 Å². The number of thiophene rings is 1. The molecule has 5 heteroatoms. The third kappa shape index (κ3) is 2.72. The van der Waals surface area contributed by atoms with Crippen LogP contribution in [0.15, 0.2) is 17.5 Å². The van der Waals surface area contributed by atoms with Gasteiger partial charge in [-0.25, -0.2) is 0 Å². The van der Waals surface area contributed by atoms with Crippen LogP contribution in [0.25, 0.3) is 0 Å². The second-order valence-corrected chi connectivity index (χ2v) is 6.70. The highest BCUT2D eigenvalue weighted by molar-refractivity contribution is 7.80. The maximum Gasteiger partial charge on any atom is 0.235 e. The number of thiocarbonyl (C=S) groups is 1. The summed E-state index contributed by atoms with van der Waals surface area (Å²) in [6, 6.07) is 4.43. The molecule has 0 spiro atoms. The molecule has 2 N–H and O–H groups in total. The topological polar surface area (TPSA) is 46.3 Å². The minimum atomic E-state index is -0.755. The average Bonchev–Trinajstić information content (AvgIpc) is 3.02. The molecule has 0 bridgehead atoms. The van der Waals surface area contributed by atoms with Crippen LogP contribution in [0, 0.1) is 5.41 Å². The van der Waals surface area contributed by atoms with Crippen molar-refractivity contribution in [1.82, 2.24) is 4.90 Å². The first-order valence-corrected chi connectivity index (χ1v) is 7.35. The molecule has 3 nitrogen and oxygen atoms in total. The first kappa shape index (κ1) is 13.5. The molecular weight excluding hydrogens is 264 g/mol. The van der Waals surface area contributed by atoms with Gasteiger partial charge in [0.1, 0.15) is 0 Å². The zero-order chi connectivity index (χ0) is 13.3. The monoisotopic (exact) mass is 282 g/mol. The summed E-state index contributed by atoms with van der Waals surface area (Å²) in [6.07, 6.45) is 2.18. The molecule has 18 heavy (non-hydrogen) atoms. The fraction of sp³-hybridized carbons (Fsp3) is 0.538. The van der Waals surface area contributed by atoms with Gasteiger partial charge in [0, 0.05) is 10.9 Å². The minimum absolute atomic E-state index is 0.0471. The summed E-state index contributed by atoms with van der Waals surface area (Å²) in [4.78, 5) is 16.0. The number of amides is 1. The molecule has 1 saturated carbocycles. The van der Waals surface area contributed by atoms with E-state index >= 15 is 0 Å². The van der Waals surface area contributed by atoms with Crippen LogP contribution in [0.4, 0.5) is 0 Å². The number of hydrogen-bond donors (Lipinski definition) is 1. The number of carbonyl (C=O) groups is 1. The second-order valence-electron chi connectivity index (χ2n) is 5.23. The Morgan fingerprint density at radius 2 is 2.28 bits per heavy atom. The molecule has 1 aliphatic carbocycles. The van der Waals surface area contributed by atoms with Gasteiger partial charge in [0.25, 0.3) is 0 Å². The van der Waals surface area contributed by atoms with Crippen LogP contribution >= 0.6 is 23.6 Å². The first-order valence-electron chi connectivity index (χ1n) is 6.06. The standard InChI is InChI=1S/C13H18N2OS2/c1-13(2,11(14)17)12(16)15(9-5-6-9)8-10-4-3-7-18-10/h3-4,7,9H,5-6,8H2,1-2H3,(H2,14,17). The smallest absolute Gasteiger partial charge is 0.235 e. The van der Waals surface area contributed by atoms with Crippen molar-refractivity contribution in [2.75, 3.05) is 0 Å². The van der Waals surface area contributed by atoms with Crippen molar-refractivity contribution in [3.8, 4) is 0 Å². The summed E-state index contributed by atoms with van der Waals surface area (Å²) >= 11 is 6.69. The van der Waals surface area contributed by atoms with E-state index in [2.05, 4.69) is 6.07 Å². The SMILES string of the molecule is CC(C)(C(=O)N(Cc1cccs1)C1CC1)C(N)=S. The molecule has 1 aromatic rings. The van der Waals surface area contributed by atoms with Gasteiger partial charge >= 0.3 is 0 Å². The van der Waals surface area contributed by atoms with Gasteiger partial charge in [-0.3, -0.25) is 4.79 Å². The third-order valence-corrected chi connectivity index (χ3v) is 4.68. The van der Waals surface area contributed by atoms with E-state index in [1.165, 1.54) is 4.88 Å². The maximum atomic E-state index is 12.6. The second kappa shape index (κ2) is 4.97. The highest BCUT2D eigenvalue weighted by atomic mass is 32.1. The fourth-order valence-electron chi connectivity index (χ4n) is 1.79. The van der Waals surface area contributed by atoms with Crippen molar-refractivity contribution >= 4 is 34.5 Å². The van der Waals surface area contributed by atoms with E-state index in [-0.39, 0.29) is 10.9 Å². The molecule has 0 atom stereocenters. The third-order valence-electron chi connectivity index (χ3n) is 3.31. The van der Waals surface area contributed by atoms with E-state index in [0.29, 0.717) is 12.6 Å². The molecule has 1 heterocycles. The van der Waals surface area contributed by atoms with E-state index < -0.39 is 5.41 Å². The van der Waals surface area contributed by atoms with Gasteiger partial charge in [0.2, 0.25) is 5.91 Å². The van der Waals surface area contributed by atoms with E-state index in [1.807, 2.05) is 30.2 Å². The molecule has 0 aromatic carbocycles.